The van der Waals surface area contributed by atoms with E-state index in [0.717, 1.165) is 15.7 Å². The number of aryl methyl sites for hydroxylation is 1. The Hall–Kier alpha value is -1.53. The Bertz CT molecular complexity index is 712. The Morgan fingerprint density at radius 2 is 1.70 bits per heavy atom. The number of hydrogen-bond acceptors (Lipinski definition) is 3. The third-order valence-corrected chi connectivity index (χ3v) is 5.32. The van der Waals surface area contributed by atoms with Crippen LogP contribution in [0, 0.1) is 6.92 Å². The third-order valence-electron chi connectivity index (χ3n) is 2.89. The summed E-state index contributed by atoms with van der Waals surface area (Å²) >= 11 is 3.39. The summed E-state index contributed by atoms with van der Waals surface area (Å²) in [4.78, 5) is 0.227. The fraction of sp³-hybridized carbons (Fsp3) is 0.143. The molecule has 6 heteroatoms. The maximum atomic E-state index is 12.3. The summed E-state index contributed by atoms with van der Waals surface area (Å²) in [6.45, 7) is 1.91. The number of halogens is 1. The molecule has 0 aliphatic carbocycles. The molecule has 0 saturated heterocycles. The van der Waals surface area contributed by atoms with Crippen LogP contribution in [0.4, 0.5) is 11.4 Å². The highest BCUT2D eigenvalue weighted by atomic mass is 79.9. The number of anilines is 2. The van der Waals surface area contributed by atoms with Gasteiger partial charge in [-0.25, -0.2) is 8.42 Å². The van der Waals surface area contributed by atoms with Crippen LogP contribution in [0.15, 0.2) is 51.8 Å². The van der Waals surface area contributed by atoms with Gasteiger partial charge in [-0.2, -0.15) is 0 Å². The van der Waals surface area contributed by atoms with Gasteiger partial charge in [-0.15, -0.1) is 0 Å². The second-order valence-electron chi connectivity index (χ2n) is 4.32. The Balaban J connectivity index is 2.33. The van der Waals surface area contributed by atoms with Crippen molar-refractivity contribution in [3.05, 3.63) is 52.5 Å². The van der Waals surface area contributed by atoms with E-state index < -0.39 is 10.0 Å². The summed E-state index contributed by atoms with van der Waals surface area (Å²) in [5, 5.41) is 2.95. The third kappa shape index (κ3) is 3.13. The van der Waals surface area contributed by atoms with E-state index >= 15 is 0 Å². The zero-order chi connectivity index (χ0) is 14.8. The largest absolute Gasteiger partial charge is 0.388 e. The SMILES string of the molecule is CNc1ccc(S(=O)(=O)Nc2cccc(C)c2Br)cc1. The van der Waals surface area contributed by atoms with Gasteiger partial charge in [0.15, 0.2) is 0 Å². The van der Waals surface area contributed by atoms with Crippen molar-refractivity contribution in [2.45, 2.75) is 11.8 Å². The maximum absolute atomic E-state index is 12.3. The van der Waals surface area contributed by atoms with Crippen LogP contribution >= 0.6 is 15.9 Å². The van der Waals surface area contributed by atoms with Crippen LogP contribution in [-0.2, 0) is 10.0 Å². The second kappa shape index (κ2) is 5.85. The summed E-state index contributed by atoms with van der Waals surface area (Å²) in [6.07, 6.45) is 0. The highest BCUT2D eigenvalue weighted by molar-refractivity contribution is 9.10. The lowest BCUT2D eigenvalue weighted by atomic mass is 10.2. The van der Waals surface area contributed by atoms with Crippen molar-refractivity contribution >= 4 is 37.3 Å². The van der Waals surface area contributed by atoms with Crippen LogP contribution in [-0.4, -0.2) is 15.5 Å². The first kappa shape index (κ1) is 14.9. The Morgan fingerprint density at radius 3 is 2.30 bits per heavy atom. The van der Waals surface area contributed by atoms with E-state index in [1.165, 1.54) is 0 Å². The van der Waals surface area contributed by atoms with Crippen LogP contribution in [0.3, 0.4) is 0 Å². The van der Waals surface area contributed by atoms with Gasteiger partial charge in [0.1, 0.15) is 0 Å². The Labute approximate surface area is 127 Å². The van der Waals surface area contributed by atoms with Gasteiger partial charge in [-0.05, 0) is 58.7 Å². The summed E-state index contributed by atoms with van der Waals surface area (Å²) in [7, 11) is -1.80. The van der Waals surface area contributed by atoms with Crippen molar-refractivity contribution in [2.75, 3.05) is 17.1 Å². The number of nitrogens with one attached hydrogen (secondary N) is 2. The van der Waals surface area contributed by atoms with E-state index in [1.54, 1.807) is 37.4 Å². The molecule has 2 rings (SSSR count). The minimum absolute atomic E-state index is 0.227. The highest BCUT2D eigenvalue weighted by Gasteiger charge is 2.15. The summed E-state index contributed by atoms with van der Waals surface area (Å²) < 4.78 is 28.0. The second-order valence-corrected chi connectivity index (χ2v) is 6.79. The van der Waals surface area contributed by atoms with Crippen LogP contribution in [0.1, 0.15) is 5.56 Å². The van der Waals surface area contributed by atoms with Crippen LogP contribution in [0.2, 0.25) is 0 Å². The topological polar surface area (TPSA) is 58.2 Å². The number of sulfonamides is 1. The monoisotopic (exact) mass is 354 g/mol. The minimum atomic E-state index is -3.59. The Morgan fingerprint density at radius 1 is 1.05 bits per heavy atom. The molecular formula is C14H15BrN2O2S. The molecule has 0 aromatic heterocycles. The molecule has 0 fully saturated rings. The van der Waals surface area contributed by atoms with E-state index in [0.29, 0.717) is 5.69 Å². The van der Waals surface area contributed by atoms with Crippen molar-refractivity contribution in [3.8, 4) is 0 Å². The average Bonchev–Trinajstić information content (AvgIpc) is 2.44. The minimum Gasteiger partial charge on any atom is -0.388 e. The molecule has 0 aliphatic heterocycles. The van der Waals surface area contributed by atoms with E-state index in [9.17, 15) is 8.42 Å². The lowest BCUT2D eigenvalue weighted by molar-refractivity contribution is 0.601. The fourth-order valence-electron chi connectivity index (χ4n) is 1.73. The smallest absolute Gasteiger partial charge is 0.261 e. The van der Waals surface area contributed by atoms with E-state index in [-0.39, 0.29) is 4.90 Å². The molecular weight excluding hydrogens is 340 g/mol. The molecule has 20 heavy (non-hydrogen) atoms. The molecule has 0 bridgehead atoms. The van der Waals surface area contributed by atoms with E-state index in [2.05, 4.69) is 26.0 Å². The van der Waals surface area contributed by atoms with Gasteiger partial charge in [0.2, 0.25) is 0 Å². The normalized spacial score (nSPS) is 11.2. The van der Waals surface area contributed by atoms with Crippen molar-refractivity contribution in [3.63, 3.8) is 0 Å². The zero-order valence-electron chi connectivity index (χ0n) is 11.1. The summed E-state index contributed by atoms with van der Waals surface area (Å²) in [6, 6.07) is 12.0. The number of hydrogen-bond donors (Lipinski definition) is 2. The molecule has 0 radical (unpaired) electrons. The van der Waals surface area contributed by atoms with E-state index in [1.807, 2.05) is 19.1 Å². The molecule has 0 unspecified atom stereocenters. The first-order valence-electron chi connectivity index (χ1n) is 6.00. The number of benzene rings is 2. The maximum Gasteiger partial charge on any atom is 0.261 e. The molecule has 2 aromatic carbocycles. The summed E-state index contributed by atoms with van der Waals surface area (Å²) in [5.74, 6) is 0. The predicted molar refractivity (Wildman–Crippen MR) is 85.7 cm³/mol. The molecule has 0 amide bonds. The zero-order valence-corrected chi connectivity index (χ0v) is 13.5. The van der Waals surface area contributed by atoms with Gasteiger partial charge in [0, 0.05) is 17.2 Å². The molecule has 0 saturated carbocycles. The van der Waals surface area contributed by atoms with Gasteiger partial charge in [-0.1, -0.05) is 12.1 Å². The van der Waals surface area contributed by atoms with Gasteiger partial charge in [0.05, 0.1) is 10.6 Å². The van der Waals surface area contributed by atoms with Crippen molar-refractivity contribution in [2.24, 2.45) is 0 Å². The molecule has 0 heterocycles. The number of rotatable bonds is 4. The molecule has 2 N–H and O–H groups in total. The van der Waals surface area contributed by atoms with Gasteiger partial charge in [0.25, 0.3) is 10.0 Å². The fourth-order valence-corrected chi connectivity index (χ4v) is 3.30. The molecule has 0 spiro atoms. The molecule has 0 atom stereocenters. The molecule has 4 nitrogen and oxygen atoms in total. The molecule has 2 aromatic rings. The Kier molecular flexibility index (Phi) is 4.35. The van der Waals surface area contributed by atoms with E-state index in [4.69, 9.17) is 0 Å². The highest BCUT2D eigenvalue weighted by Crippen LogP contribution is 2.28. The lowest BCUT2D eigenvalue weighted by Gasteiger charge is -2.11. The van der Waals surface area contributed by atoms with Crippen LogP contribution < -0.4 is 10.0 Å². The molecule has 106 valence electrons. The predicted octanol–water partition coefficient (Wildman–Crippen LogP) is 3.60. The van der Waals surface area contributed by atoms with Gasteiger partial charge in [-0.3, -0.25) is 4.72 Å². The van der Waals surface area contributed by atoms with Crippen LogP contribution in [0.25, 0.3) is 0 Å². The first-order valence-corrected chi connectivity index (χ1v) is 8.27. The van der Waals surface area contributed by atoms with Crippen LogP contribution in [0.5, 0.6) is 0 Å². The quantitative estimate of drug-likeness (QED) is 0.881. The average molecular weight is 355 g/mol. The van der Waals surface area contributed by atoms with Crippen molar-refractivity contribution in [1.29, 1.82) is 0 Å². The van der Waals surface area contributed by atoms with Gasteiger partial charge >= 0.3 is 0 Å². The van der Waals surface area contributed by atoms with Gasteiger partial charge < -0.3 is 5.32 Å². The lowest BCUT2D eigenvalue weighted by Crippen LogP contribution is -2.13. The summed E-state index contributed by atoms with van der Waals surface area (Å²) in [5.41, 5.74) is 2.36. The van der Waals surface area contributed by atoms with Crippen molar-refractivity contribution < 1.29 is 8.42 Å². The first-order chi connectivity index (χ1) is 9.44. The molecule has 0 aliphatic rings. The van der Waals surface area contributed by atoms with Crippen molar-refractivity contribution in [1.82, 2.24) is 0 Å². The standard InChI is InChI=1S/C14H15BrN2O2S/c1-10-4-3-5-13(14(10)15)17-20(18,19)12-8-6-11(16-2)7-9-12/h3-9,16-17H,1-2H3.